The smallest absolute Gasteiger partial charge is 0.143 e. The van der Waals surface area contributed by atoms with Gasteiger partial charge in [-0.25, -0.2) is 0 Å². The zero-order valence-electron chi connectivity index (χ0n) is 4.06. The standard InChI is InChI=1S/C4H9ClO2/c5-2-1-3-7-4-6/h6H,1-4H2. The molecule has 3 heteroatoms. The second kappa shape index (κ2) is 6.21. The molecule has 44 valence electrons. The minimum atomic E-state index is -0.198. The molecule has 0 unspecified atom stereocenters. The van der Waals surface area contributed by atoms with Crippen LogP contribution in [0.25, 0.3) is 0 Å². The molecular formula is C4H9ClO2. The summed E-state index contributed by atoms with van der Waals surface area (Å²) in [7, 11) is 0. The maximum absolute atomic E-state index is 8.03. The third-order valence-corrected chi connectivity index (χ3v) is 0.781. The summed E-state index contributed by atoms with van der Waals surface area (Å²) in [6, 6.07) is 0. The molecule has 0 rings (SSSR count). The summed E-state index contributed by atoms with van der Waals surface area (Å²) >= 11 is 5.28. The molecule has 0 saturated carbocycles. The summed E-state index contributed by atoms with van der Waals surface area (Å²) in [4.78, 5) is 0. The number of aliphatic hydroxyl groups excluding tert-OH is 1. The van der Waals surface area contributed by atoms with E-state index in [1.165, 1.54) is 0 Å². The number of hydrogen-bond acceptors (Lipinski definition) is 2. The normalized spacial score (nSPS) is 9.43. The average molecular weight is 125 g/mol. The average Bonchev–Trinajstić information content (AvgIpc) is 1.69. The van der Waals surface area contributed by atoms with E-state index in [-0.39, 0.29) is 6.79 Å². The van der Waals surface area contributed by atoms with E-state index < -0.39 is 0 Å². The van der Waals surface area contributed by atoms with E-state index in [0.29, 0.717) is 12.5 Å². The van der Waals surface area contributed by atoms with E-state index in [9.17, 15) is 0 Å². The van der Waals surface area contributed by atoms with Crippen LogP contribution in [0.2, 0.25) is 0 Å². The Morgan fingerprint density at radius 3 is 2.71 bits per heavy atom. The van der Waals surface area contributed by atoms with E-state index in [2.05, 4.69) is 4.74 Å². The Labute approximate surface area is 48.0 Å². The zero-order chi connectivity index (χ0) is 5.54. The Bertz CT molecular complexity index is 28.9. The highest BCUT2D eigenvalue weighted by atomic mass is 35.5. The molecule has 0 bridgehead atoms. The predicted molar refractivity (Wildman–Crippen MR) is 28.4 cm³/mol. The van der Waals surface area contributed by atoms with E-state index >= 15 is 0 Å². The second-order valence-corrected chi connectivity index (χ2v) is 1.46. The minimum Gasteiger partial charge on any atom is -0.371 e. The molecule has 0 aromatic carbocycles. The fraction of sp³-hybridized carbons (Fsp3) is 1.00. The summed E-state index contributed by atoms with van der Waals surface area (Å²) in [5.74, 6) is 0.597. The molecule has 0 heterocycles. The van der Waals surface area contributed by atoms with Gasteiger partial charge < -0.3 is 9.84 Å². The summed E-state index contributed by atoms with van der Waals surface area (Å²) in [5.41, 5.74) is 0. The molecule has 7 heavy (non-hydrogen) atoms. The van der Waals surface area contributed by atoms with Gasteiger partial charge in [0, 0.05) is 5.88 Å². The molecule has 2 nitrogen and oxygen atoms in total. The molecule has 0 atom stereocenters. The van der Waals surface area contributed by atoms with Crippen LogP contribution in [0.15, 0.2) is 0 Å². The van der Waals surface area contributed by atoms with Crippen LogP contribution in [-0.2, 0) is 4.74 Å². The van der Waals surface area contributed by atoms with Gasteiger partial charge in [-0.3, -0.25) is 0 Å². The number of hydrogen-bond donors (Lipinski definition) is 1. The van der Waals surface area contributed by atoms with Gasteiger partial charge in [-0.2, -0.15) is 0 Å². The molecule has 0 spiro atoms. The Morgan fingerprint density at radius 1 is 1.57 bits per heavy atom. The van der Waals surface area contributed by atoms with Crippen LogP contribution in [0.1, 0.15) is 6.42 Å². The number of halogens is 1. The predicted octanol–water partition coefficient (Wildman–Crippen LogP) is 0.582. The van der Waals surface area contributed by atoms with Crippen molar-refractivity contribution < 1.29 is 9.84 Å². The van der Waals surface area contributed by atoms with Crippen LogP contribution < -0.4 is 0 Å². The molecule has 0 aliphatic heterocycles. The first kappa shape index (κ1) is 7.21. The molecule has 0 amide bonds. The van der Waals surface area contributed by atoms with Crippen molar-refractivity contribution in [3.8, 4) is 0 Å². The molecule has 0 aliphatic rings. The summed E-state index contributed by atoms with van der Waals surface area (Å²) in [6.45, 7) is 0.358. The van der Waals surface area contributed by atoms with Gasteiger partial charge in [0.25, 0.3) is 0 Å². The highest BCUT2D eigenvalue weighted by Crippen LogP contribution is 1.83. The van der Waals surface area contributed by atoms with Crippen molar-refractivity contribution in [2.45, 2.75) is 6.42 Å². The first-order valence-corrected chi connectivity index (χ1v) is 2.70. The molecule has 0 aromatic heterocycles. The lowest BCUT2D eigenvalue weighted by Gasteiger charge is -1.93. The Hall–Kier alpha value is 0.210. The SMILES string of the molecule is OCOCCCCl. The van der Waals surface area contributed by atoms with E-state index in [1.807, 2.05) is 0 Å². The van der Waals surface area contributed by atoms with Crippen molar-refractivity contribution >= 4 is 11.6 Å². The monoisotopic (exact) mass is 124 g/mol. The number of ether oxygens (including phenoxy) is 1. The fourth-order valence-electron chi connectivity index (χ4n) is 0.221. The van der Waals surface area contributed by atoms with Gasteiger partial charge in [0.2, 0.25) is 0 Å². The highest BCUT2D eigenvalue weighted by molar-refractivity contribution is 6.17. The van der Waals surface area contributed by atoms with Gasteiger partial charge in [0.1, 0.15) is 6.79 Å². The van der Waals surface area contributed by atoms with E-state index in [0.717, 1.165) is 6.42 Å². The lowest BCUT2D eigenvalue weighted by atomic mass is 10.5. The van der Waals surface area contributed by atoms with Crippen molar-refractivity contribution in [1.29, 1.82) is 0 Å². The third-order valence-electron chi connectivity index (χ3n) is 0.514. The second-order valence-electron chi connectivity index (χ2n) is 1.08. The van der Waals surface area contributed by atoms with Gasteiger partial charge in [-0.05, 0) is 6.42 Å². The lowest BCUT2D eigenvalue weighted by molar-refractivity contribution is -0.000621. The molecule has 0 aliphatic carbocycles. The largest absolute Gasteiger partial charge is 0.371 e. The highest BCUT2D eigenvalue weighted by Gasteiger charge is 1.80. The van der Waals surface area contributed by atoms with Crippen molar-refractivity contribution in [2.24, 2.45) is 0 Å². The maximum Gasteiger partial charge on any atom is 0.143 e. The van der Waals surface area contributed by atoms with Gasteiger partial charge in [-0.15, -0.1) is 11.6 Å². The molecule has 0 radical (unpaired) electrons. The van der Waals surface area contributed by atoms with Crippen molar-refractivity contribution in [1.82, 2.24) is 0 Å². The van der Waals surface area contributed by atoms with Gasteiger partial charge >= 0.3 is 0 Å². The third kappa shape index (κ3) is 6.21. The van der Waals surface area contributed by atoms with Crippen LogP contribution in [0.5, 0.6) is 0 Å². The van der Waals surface area contributed by atoms with Gasteiger partial charge in [-0.1, -0.05) is 0 Å². The fourth-order valence-corrected chi connectivity index (χ4v) is 0.330. The first-order valence-electron chi connectivity index (χ1n) is 2.16. The molecule has 0 fully saturated rings. The van der Waals surface area contributed by atoms with Crippen LogP contribution in [-0.4, -0.2) is 24.4 Å². The van der Waals surface area contributed by atoms with Crippen molar-refractivity contribution in [2.75, 3.05) is 19.3 Å². The molecular weight excluding hydrogens is 115 g/mol. The molecule has 1 N–H and O–H groups in total. The Morgan fingerprint density at radius 2 is 2.29 bits per heavy atom. The first-order chi connectivity index (χ1) is 3.41. The molecule has 0 aromatic rings. The van der Waals surface area contributed by atoms with Crippen LogP contribution in [0.3, 0.4) is 0 Å². The van der Waals surface area contributed by atoms with Gasteiger partial charge in [0.15, 0.2) is 0 Å². The van der Waals surface area contributed by atoms with E-state index in [1.54, 1.807) is 0 Å². The van der Waals surface area contributed by atoms with Crippen LogP contribution in [0, 0.1) is 0 Å². The number of aliphatic hydroxyl groups is 1. The Kier molecular flexibility index (Phi) is 6.40. The number of alkyl halides is 1. The summed E-state index contributed by atoms with van der Waals surface area (Å²) < 4.78 is 4.54. The van der Waals surface area contributed by atoms with E-state index in [4.69, 9.17) is 16.7 Å². The minimum absolute atomic E-state index is 0.198. The van der Waals surface area contributed by atoms with Crippen LogP contribution >= 0.6 is 11.6 Å². The van der Waals surface area contributed by atoms with Crippen molar-refractivity contribution in [3.05, 3.63) is 0 Å². The Balaban J connectivity index is 2.45. The maximum atomic E-state index is 8.03. The summed E-state index contributed by atoms with van der Waals surface area (Å²) in [5, 5.41) is 8.03. The summed E-state index contributed by atoms with van der Waals surface area (Å²) in [6.07, 6.45) is 0.808. The molecule has 0 saturated heterocycles. The van der Waals surface area contributed by atoms with Gasteiger partial charge in [0.05, 0.1) is 6.61 Å². The van der Waals surface area contributed by atoms with Crippen molar-refractivity contribution in [3.63, 3.8) is 0 Å². The van der Waals surface area contributed by atoms with Crippen LogP contribution in [0.4, 0.5) is 0 Å². The number of rotatable bonds is 4. The quantitative estimate of drug-likeness (QED) is 0.338. The zero-order valence-corrected chi connectivity index (χ0v) is 4.82. The topological polar surface area (TPSA) is 29.5 Å². The lowest BCUT2D eigenvalue weighted by Crippen LogP contribution is -1.94.